The first-order valence-corrected chi connectivity index (χ1v) is 8.25. The quantitative estimate of drug-likeness (QED) is 0.850. The lowest BCUT2D eigenvalue weighted by Gasteiger charge is -2.15. The van der Waals surface area contributed by atoms with Gasteiger partial charge in [0.2, 0.25) is 0 Å². The largest absolute Gasteiger partial charge is 0.496 e. The summed E-state index contributed by atoms with van der Waals surface area (Å²) in [5.74, 6) is 0.577. The molecule has 106 valence electrons. The van der Waals surface area contributed by atoms with Crippen LogP contribution >= 0.6 is 0 Å². The van der Waals surface area contributed by atoms with Gasteiger partial charge in [-0.3, -0.25) is 4.79 Å². The molecule has 3 rings (SSSR count). The van der Waals surface area contributed by atoms with Crippen LogP contribution in [-0.4, -0.2) is 32.1 Å². The van der Waals surface area contributed by atoms with Crippen LogP contribution in [0.4, 0.5) is 0 Å². The number of hydrogen-bond acceptors (Lipinski definition) is 4. The SMILES string of the molecule is COc1cc(S(C)(=O)=O)cc2c1cc1n2CCCC1=O. The van der Waals surface area contributed by atoms with Crippen molar-refractivity contribution in [3.63, 3.8) is 0 Å². The molecule has 1 aromatic heterocycles. The summed E-state index contributed by atoms with van der Waals surface area (Å²) >= 11 is 0. The molecule has 0 spiro atoms. The van der Waals surface area contributed by atoms with E-state index in [2.05, 4.69) is 0 Å². The highest BCUT2D eigenvalue weighted by molar-refractivity contribution is 7.90. The van der Waals surface area contributed by atoms with Gasteiger partial charge in [-0.2, -0.15) is 0 Å². The van der Waals surface area contributed by atoms with E-state index in [0.29, 0.717) is 17.9 Å². The third-order valence-corrected chi connectivity index (χ3v) is 4.77. The molecule has 2 aromatic rings. The number of fused-ring (bicyclic) bond motifs is 3. The summed E-state index contributed by atoms with van der Waals surface area (Å²) in [5, 5.41) is 0.783. The summed E-state index contributed by atoms with van der Waals surface area (Å²) in [4.78, 5) is 12.2. The summed E-state index contributed by atoms with van der Waals surface area (Å²) in [6, 6.07) is 4.92. The Morgan fingerprint density at radius 2 is 2.00 bits per heavy atom. The number of hydrogen-bond donors (Lipinski definition) is 0. The first kappa shape index (κ1) is 13.2. The van der Waals surface area contributed by atoms with E-state index in [1.54, 1.807) is 12.1 Å². The first-order valence-electron chi connectivity index (χ1n) is 6.36. The number of carbonyl (C=O) groups excluding carboxylic acids is 1. The van der Waals surface area contributed by atoms with Gasteiger partial charge >= 0.3 is 0 Å². The van der Waals surface area contributed by atoms with E-state index < -0.39 is 9.84 Å². The molecule has 0 radical (unpaired) electrons. The van der Waals surface area contributed by atoms with E-state index in [1.165, 1.54) is 19.4 Å². The molecule has 20 heavy (non-hydrogen) atoms. The van der Waals surface area contributed by atoms with Crippen LogP contribution in [-0.2, 0) is 16.4 Å². The number of aromatic nitrogens is 1. The van der Waals surface area contributed by atoms with Crippen molar-refractivity contribution < 1.29 is 17.9 Å². The Labute approximate surface area is 117 Å². The molecule has 1 aliphatic heterocycles. The van der Waals surface area contributed by atoms with Crippen molar-refractivity contribution in [2.45, 2.75) is 24.3 Å². The number of rotatable bonds is 2. The van der Waals surface area contributed by atoms with Crippen LogP contribution in [0.5, 0.6) is 5.75 Å². The summed E-state index contributed by atoms with van der Waals surface area (Å²) in [5.41, 5.74) is 1.38. The summed E-state index contributed by atoms with van der Waals surface area (Å²) in [7, 11) is -1.82. The second-order valence-corrected chi connectivity index (χ2v) is 7.05. The van der Waals surface area contributed by atoms with Gasteiger partial charge in [-0.25, -0.2) is 8.42 Å². The fourth-order valence-corrected chi connectivity index (χ4v) is 3.33. The van der Waals surface area contributed by atoms with E-state index in [4.69, 9.17) is 4.74 Å². The van der Waals surface area contributed by atoms with Crippen LogP contribution < -0.4 is 4.74 Å². The number of methoxy groups -OCH3 is 1. The molecule has 2 heterocycles. The topological polar surface area (TPSA) is 65.4 Å². The highest BCUT2D eigenvalue weighted by Gasteiger charge is 2.23. The van der Waals surface area contributed by atoms with Crippen molar-refractivity contribution in [3.05, 3.63) is 23.9 Å². The van der Waals surface area contributed by atoms with Crippen molar-refractivity contribution in [1.82, 2.24) is 4.57 Å². The van der Waals surface area contributed by atoms with Crippen LogP contribution in [0, 0.1) is 0 Å². The van der Waals surface area contributed by atoms with Crippen molar-refractivity contribution in [1.29, 1.82) is 0 Å². The van der Waals surface area contributed by atoms with Gasteiger partial charge in [-0.05, 0) is 24.6 Å². The Kier molecular flexibility index (Phi) is 2.86. The molecule has 0 atom stereocenters. The minimum atomic E-state index is -3.32. The zero-order valence-corrected chi connectivity index (χ0v) is 12.2. The molecule has 1 aliphatic rings. The van der Waals surface area contributed by atoms with Gasteiger partial charge in [0.1, 0.15) is 5.75 Å². The van der Waals surface area contributed by atoms with Gasteiger partial charge in [0.15, 0.2) is 15.6 Å². The maximum atomic E-state index is 12.0. The standard InChI is InChI=1S/C14H15NO4S/c1-19-14-7-9(20(2,17)18)6-11-10(14)8-12-13(16)4-3-5-15(11)12/h6-8H,3-5H2,1-2H3. The van der Waals surface area contributed by atoms with E-state index in [0.717, 1.165) is 23.9 Å². The van der Waals surface area contributed by atoms with Crippen molar-refractivity contribution in [2.75, 3.05) is 13.4 Å². The van der Waals surface area contributed by atoms with Gasteiger partial charge in [-0.1, -0.05) is 0 Å². The number of Topliss-reactive ketones (excluding diaryl/α,β-unsaturated/α-hetero) is 1. The summed E-state index contributed by atoms with van der Waals surface area (Å²) in [6.45, 7) is 0.723. The molecule has 5 nitrogen and oxygen atoms in total. The van der Waals surface area contributed by atoms with E-state index in [9.17, 15) is 13.2 Å². The molecule has 0 fully saturated rings. The second kappa shape index (κ2) is 4.34. The monoisotopic (exact) mass is 293 g/mol. The molecule has 0 N–H and O–H groups in total. The average molecular weight is 293 g/mol. The minimum absolute atomic E-state index is 0.0930. The zero-order valence-electron chi connectivity index (χ0n) is 11.3. The number of benzene rings is 1. The van der Waals surface area contributed by atoms with Gasteiger partial charge in [0.25, 0.3) is 0 Å². The Hall–Kier alpha value is -1.82. The fourth-order valence-electron chi connectivity index (χ4n) is 2.68. The molecular formula is C14H15NO4S. The predicted molar refractivity (Wildman–Crippen MR) is 75.2 cm³/mol. The van der Waals surface area contributed by atoms with Crippen LogP contribution in [0.3, 0.4) is 0 Å². The summed E-state index contributed by atoms with van der Waals surface area (Å²) in [6.07, 6.45) is 2.48. The van der Waals surface area contributed by atoms with Gasteiger partial charge in [-0.15, -0.1) is 0 Å². The lowest BCUT2D eigenvalue weighted by molar-refractivity contribution is 0.0956. The number of carbonyl (C=O) groups is 1. The van der Waals surface area contributed by atoms with Gasteiger partial charge in [0, 0.05) is 24.6 Å². The van der Waals surface area contributed by atoms with Crippen molar-refractivity contribution in [2.24, 2.45) is 0 Å². The van der Waals surface area contributed by atoms with Gasteiger partial charge in [0.05, 0.1) is 23.2 Å². The van der Waals surface area contributed by atoms with Crippen LogP contribution in [0.1, 0.15) is 23.3 Å². The maximum absolute atomic E-state index is 12.0. The average Bonchev–Trinajstić information content (AvgIpc) is 2.77. The smallest absolute Gasteiger partial charge is 0.179 e. The second-order valence-electron chi connectivity index (χ2n) is 5.04. The predicted octanol–water partition coefficient (Wildman–Crippen LogP) is 2.03. The normalized spacial score (nSPS) is 15.4. The first-order chi connectivity index (χ1) is 9.41. The molecule has 0 aliphatic carbocycles. The van der Waals surface area contributed by atoms with E-state index in [1.807, 2.05) is 4.57 Å². The summed E-state index contributed by atoms with van der Waals surface area (Å²) < 4.78 is 30.7. The third-order valence-electron chi connectivity index (χ3n) is 3.68. The number of ketones is 1. The van der Waals surface area contributed by atoms with Crippen LogP contribution in [0.2, 0.25) is 0 Å². The van der Waals surface area contributed by atoms with E-state index in [-0.39, 0.29) is 10.7 Å². The molecule has 0 saturated carbocycles. The molecular weight excluding hydrogens is 278 g/mol. The zero-order chi connectivity index (χ0) is 14.5. The van der Waals surface area contributed by atoms with Crippen LogP contribution in [0.15, 0.2) is 23.1 Å². The minimum Gasteiger partial charge on any atom is -0.496 e. The Balaban J connectivity index is 2.39. The maximum Gasteiger partial charge on any atom is 0.179 e. The van der Waals surface area contributed by atoms with Gasteiger partial charge < -0.3 is 9.30 Å². The molecule has 6 heteroatoms. The lowest BCUT2D eigenvalue weighted by atomic mass is 10.1. The Morgan fingerprint density at radius 3 is 2.65 bits per heavy atom. The molecule has 0 unspecified atom stereocenters. The molecule has 0 amide bonds. The fraction of sp³-hybridized carbons (Fsp3) is 0.357. The number of aryl methyl sites for hydroxylation is 1. The molecule has 0 saturated heterocycles. The lowest BCUT2D eigenvalue weighted by Crippen LogP contribution is -2.15. The Morgan fingerprint density at radius 1 is 1.25 bits per heavy atom. The molecule has 0 bridgehead atoms. The van der Waals surface area contributed by atoms with Crippen LogP contribution in [0.25, 0.3) is 10.9 Å². The number of nitrogens with zero attached hydrogens (tertiary/aromatic N) is 1. The molecule has 1 aromatic carbocycles. The number of sulfone groups is 1. The van der Waals surface area contributed by atoms with Crippen molar-refractivity contribution >= 4 is 26.5 Å². The highest BCUT2D eigenvalue weighted by atomic mass is 32.2. The van der Waals surface area contributed by atoms with E-state index >= 15 is 0 Å². The third kappa shape index (κ3) is 1.91. The number of ether oxygens (including phenoxy) is 1. The van der Waals surface area contributed by atoms with Crippen molar-refractivity contribution in [3.8, 4) is 5.75 Å². The Bertz CT molecular complexity index is 817. The highest BCUT2D eigenvalue weighted by Crippen LogP contribution is 2.34.